The second-order valence-corrected chi connectivity index (χ2v) is 9.43. The molecule has 0 aromatic heterocycles. The van der Waals surface area contributed by atoms with E-state index in [-0.39, 0.29) is 21.8 Å². The van der Waals surface area contributed by atoms with Gasteiger partial charge in [-0.1, -0.05) is 51.8 Å². The number of halogens is 1. The number of rotatable bonds is 6. The maximum Gasteiger partial charge on any atom is 0.339 e. The van der Waals surface area contributed by atoms with E-state index in [4.69, 9.17) is 4.18 Å². The van der Waals surface area contributed by atoms with Crippen LogP contribution in [0.15, 0.2) is 81.7 Å². The Balaban J connectivity index is 1.95. The minimum atomic E-state index is -4.11. The van der Waals surface area contributed by atoms with Gasteiger partial charge in [-0.25, -0.2) is 0 Å². The third-order valence-corrected chi connectivity index (χ3v) is 6.28. The molecule has 162 valence electrons. The van der Waals surface area contributed by atoms with Crippen molar-refractivity contribution in [2.45, 2.75) is 18.7 Å². The van der Waals surface area contributed by atoms with Crippen LogP contribution in [0.5, 0.6) is 5.75 Å². The highest BCUT2D eigenvalue weighted by atomic mass is 79.9. The second-order valence-electron chi connectivity index (χ2n) is 6.97. The number of benzene rings is 3. The average molecular weight is 511 g/mol. The van der Waals surface area contributed by atoms with Crippen LogP contribution in [0.2, 0.25) is 0 Å². The Labute approximate surface area is 195 Å². The molecule has 0 saturated carbocycles. The number of nitrogens with zero attached hydrogens (tertiary/aromatic N) is 1. The van der Waals surface area contributed by atoms with Gasteiger partial charge in [-0.05, 0) is 61.9 Å². The molecule has 0 aliphatic rings. The minimum Gasteiger partial charge on any atom is -0.378 e. The first-order valence-corrected chi connectivity index (χ1v) is 11.7. The van der Waals surface area contributed by atoms with E-state index < -0.39 is 16.0 Å². The van der Waals surface area contributed by atoms with Crippen LogP contribution in [0, 0.1) is 25.2 Å². The van der Waals surface area contributed by atoms with Crippen LogP contribution in [0.3, 0.4) is 0 Å². The Bertz CT molecular complexity index is 1340. The highest BCUT2D eigenvalue weighted by Gasteiger charge is 2.19. The van der Waals surface area contributed by atoms with E-state index in [0.717, 1.165) is 11.1 Å². The standard InChI is InChI=1S/C24H19BrN2O4S/c1-16-7-10-21(11-8-16)32(29,30)31-23-12-9-20(25)14-18(23)13-19(15-26)24(28)27-22-6-4-3-5-17(22)2/h3-14H,1-2H3,(H,27,28)/b19-13+. The number of carbonyl (C=O) groups is 1. The number of hydrogen-bond acceptors (Lipinski definition) is 5. The van der Waals surface area contributed by atoms with Crippen molar-refractivity contribution in [2.75, 3.05) is 5.32 Å². The van der Waals surface area contributed by atoms with E-state index in [1.807, 2.05) is 32.0 Å². The summed E-state index contributed by atoms with van der Waals surface area (Å²) >= 11 is 3.32. The molecule has 0 radical (unpaired) electrons. The van der Waals surface area contributed by atoms with E-state index in [2.05, 4.69) is 21.2 Å². The number of carbonyl (C=O) groups excluding carboxylic acids is 1. The molecule has 0 saturated heterocycles. The maximum absolute atomic E-state index is 12.7. The smallest absolute Gasteiger partial charge is 0.339 e. The third-order valence-electron chi connectivity index (χ3n) is 4.54. The monoisotopic (exact) mass is 510 g/mol. The van der Waals surface area contributed by atoms with Crippen LogP contribution in [0.25, 0.3) is 6.08 Å². The van der Waals surface area contributed by atoms with Crippen molar-refractivity contribution in [3.8, 4) is 11.8 Å². The molecule has 0 bridgehead atoms. The number of nitrogens with one attached hydrogen (secondary N) is 1. The van der Waals surface area contributed by atoms with Crippen LogP contribution >= 0.6 is 15.9 Å². The summed E-state index contributed by atoms with van der Waals surface area (Å²) in [5.74, 6) is -0.626. The van der Waals surface area contributed by atoms with Crippen LogP contribution in [-0.4, -0.2) is 14.3 Å². The van der Waals surface area contributed by atoms with Crippen molar-refractivity contribution >= 4 is 43.7 Å². The molecular formula is C24H19BrN2O4S. The Morgan fingerprint density at radius 2 is 1.75 bits per heavy atom. The molecule has 0 aliphatic carbocycles. The van der Waals surface area contributed by atoms with Gasteiger partial charge in [-0.2, -0.15) is 13.7 Å². The summed E-state index contributed by atoms with van der Waals surface area (Å²) in [6.07, 6.45) is 1.29. The van der Waals surface area contributed by atoms with Crippen LogP contribution < -0.4 is 9.50 Å². The molecule has 6 nitrogen and oxygen atoms in total. The van der Waals surface area contributed by atoms with E-state index in [0.29, 0.717) is 10.2 Å². The van der Waals surface area contributed by atoms with Crippen molar-refractivity contribution in [1.29, 1.82) is 5.26 Å². The Morgan fingerprint density at radius 3 is 2.41 bits per heavy atom. The van der Waals surface area contributed by atoms with Gasteiger partial charge in [0.25, 0.3) is 5.91 Å². The Morgan fingerprint density at radius 1 is 1.06 bits per heavy atom. The zero-order valence-corrected chi connectivity index (χ0v) is 19.7. The predicted octanol–water partition coefficient (Wildman–Crippen LogP) is 5.38. The normalized spacial score (nSPS) is 11.5. The first kappa shape index (κ1) is 23.3. The summed E-state index contributed by atoms with van der Waals surface area (Å²) in [5, 5.41) is 12.2. The number of aryl methyl sites for hydroxylation is 2. The highest BCUT2D eigenvalue weighted by Crippen LogP contribution is 2.29. The molecule has 8 heteroatoms. The number of para-hydroxylation sites is 1. The average Bonchev–Trinajstić information content (AvgIpc) is 2.75. The lowest BCUT2D eigenvalue weighted by atomic mass is 10.1. The van der Waals surface area contributed by atoms with Gasteiger partial charge < -0.3 is 9.50 Å². The van der Waals surface area contributed by atoms with Crippen LogP contribution in [0.1, 0.15) is 16.7 Å². The summed E-state index contributed by atoms with van der Waals surface area (Å²) < 4.78 is 31.4. The number of amides is 1. The zero-order valence-electron chi connectivity index (χ0n) is 17.3. The molecule has 3 aromatic rings. The Hall–Kier alpha value is -3.41. The van der Waals surface area contributed by atoms with Gasteiger partial charge in [-0.15, -0.1) is 0 Å². The molecule has 0 unspecified atom stereocenters. The molecule has 1 N–H and O–H groups in total. The molecule has 3 rings (SSSR count). The van der Waals surface area contributed by atoms with Crippen LogP contribution in [0.4, 0.5) is 5.69 Å². The quantitative estimate of drug-likeness (QED) is 0.272. The lowest BCUT2D eigenvalue weighted by Gasteiger charge is -2.11. The van der Waals surface area contributed by atoms with Gasteiger partial charge in [0.1, 0.15) is 22.3 Å². The molecule has 3 aromatic carbocycles. The van der Waals surface area contributed by atoms with Gasteiger partial charge in [0.2, 0.25) is 0 Å². The van der Waals surface area contributed by atoms with E-state index in [9.17, 15) is 18.5 Å². The number of anilines is 1. The molecule has 0 aliphatic heterocycles. The first-order chi connectivity index (χ1) is 15.2. The number of nitriles is 1. The van der Waals surface area contributed by atoms with Crippen molar-refractivity contribution < 1.29 is 17.4 Å². The molecule has 0 heterocycles. The van der Waals surface area contributed by atoms with Gasteiger partial charge in [0.05, 0.1) is 0 Å². The van der Waals surface area contributed by atoms with Gasteiger partial charge in [0, 0.05) is 15.7 Å². The fourth-order valence-corrected chi connectivity index (χ4v) is 4.12. The zero-order chi connectivity index (χ0) is 23.3. The molecule has 0 fully saturated rings. The lowest BCUT2D eigenvalue weighted by molar-refractivity contribution is -0.112. The second kappa shape index (κ2) is 9.81. The molecule has 1 amide bonds. The summed E-state index contributed by atoms with van der Waals surface area (Å²) in [4.78, 5) is 12.7. The molecule has 0 atom stereocenters. The van der Waals surface area contributed by atoms with E-state index in [1.54, 1.807) is 36.4 Å². The SMILES string of the molecule is Cc1ccc(S(=O)(=O)Oc2ccc(Br)cc2/C=C(\C#N)C(=O)Nc2ccccc2C)cc1. The topological polar surface area (TPSA) is 96.3 Å². The third kappa shape index (κ3) is 5.63. The maximum atomic E-state index is 12.7. The van der Waals surface area contributed by atoms with Crippen molar-refractivity contribution in [1.82, 2.24) is 0 Å². The fourth-order valence-electron chi connectivity index (χ4n) is 2.79. The highest BCUT2D eigenvalue weighted by molar-refractivity contribution is 9.10. The van der Waals surface area contributed by atoms with Crippen molar-refractivity contribution in [3.63, 3.8) is 0 Å². The summed E-state index contributed by atoms with van der Waals surface area (Å²) in [6.45, 7) is 3.68. The summed E-state index contributed by atoms with van der Waals surface area (Å²) in [6, 6.07) is 19.9. The first-order valence-electron chi connectivity index (χ1n) is 9.49. The molecular weight excluding hydrogens is 492 g/mol. The largest absolute Gasteiger partial charge is 0.378 e. The summed E-state index contributed by atoms with van der Waals surface area (Å²) in [7, 11) is -4.11. The molecule has 0 spiro atoms. The fraction of sp³-hybridized carbons (Fsp3) is 0.0833. The van der Waals surface area contributed by atoms with E-state index >= 15 is 0 Å². The van der Waals surface area contributed by atoms with Gasteiger partial charge in [-0.3, -0.25) is 4.79 Å². The lowest BCUT2D eigenvalue weighted by Crippen LogP contribution is -2.14. The predicted molar refractivity (Wildman–Crippen MR) is 127 cm³/mol. The molecule has 32 heavy (non-hydrogen) atoms. The van der Waals surface area contributed by atoms with Crippen molar-refractivity contribution in [3.05, 3.63) is 93.5 Å². The van der Waals surface area contributed by atoms with Gasteiger partial charge in [0.15, 0.2) is 0 Å². The Kier molecular flexibility index (Phi) is 7.13. The van der Waals surface area contributed by atoms with Crippen LogP contribution in [-0.2, 0) is 14.9 Å². The summed E-state index contributed by atoms with van der Waals surface area (Å²) in [5.41, 5.74) is 2.38. The minimum absolute atomic E-state index is 0.00116. The number of hydrogen-bond donors (Lipinski definition) is 1. The van der Waals surface area contributed by atoms with E-state index in [1.165, 1.54) is 24.3 Å². The van der Waals surface area contributed by atoms with Crippen molar-refractivity contribution in [2.24, 2.45) is 0 Å². The van der Waals surface area contributed by atoms with Gasteiger partial charge >= 0.3 is 10.1 Å².